The summed E-state index contributed by atoms with van der Waals surface area (Å²) in [7, 11) is 0. The van der Waals surface area contributed by atoms with Gasteiger partial charge < -0.3 is 19.5 Å². The van der Waals surface area contributed by atoms with Gasteiger partial charge in [0.15, 0.2) is 0 Å². The van der Waals surface area contributed by atoms with E-state index in [2.05, 4.69) is 112 Å². The van der Waals surface area contributed by atoms with E-state index < -0.39 is 0 Å². The third-order valence-electron chi connectivity index (χ3n) is 9.56. The summed E-state index contributed by atoms with van der Waals surface area (Å²) >= 11 is 0. The number of rotatable bonds is 1. The van der Waals surface area contributed by atoms with Crippen LogP contribution in [0.25, 0.3) is 82.2 Å². The molecule has 5 heterocycles. The second-order valence-electron chi connectivity index (χ2n) is 11.8. The van der Waals surface area contributed by atoms with Gasteiger partial charge in [-0.1, -0.05) is 72.8 Å². The molecule has 5 aromatic carbocycles. The smallest absolute Gasteiger partial charge is 0.136 e. The minimum Gasteiger partial charge on any atom is -0.456 e. The van der Waals surface area contributed by atoms with Gasteiger partial charge in [-0.05, 0) is 53.6 Å². The SMILES string of the molecule is C1=CC2Nc3c(n4c5ccc(-c6ccc7oc8ccccc8c7c6)cc5c5c6c(cc3c54)oc3ccccc36)NC2C=C1. The molecule has 0 fully saturated rings. The highest BCUT2D eigenvalue weighted by Gasteiger charge is 2.33. The number of para-hydroxylation sites is 2. The van der Waals surface area contributed by atoms with Crippen LogP contribution in [0.4, 0.5) is 11.5 Å². The molecule has 2 unspecified atom stereocenters. The molecule has 43 heavy (non-hydrogen) atoms. The van der Waals surface area contributed by atoms with Crippen molar-refractivity contribution in [2.45, 2.75) is 12.1 Å². The topological polar surface area (TPSA) is 54.8 Å². The van der Waals surface area contributed by atoms with Crippen LogP contribution in [0, 0.1) is 0 Å². The maximum Gasteiger partial charge on any atom is 0.136 e. The molecule has 2 aliphatic rings. The number of nitrogens with one attached hydrogen (secondary N) is 2. The van der Waals surface area contributed by atoms with Crippen molar-refractivity contribution in [3.8, 4) is 11.1 Å². The number of benzene rings is 5. The highest BCUT2D eigenvalue weighted by atomic mass is 16.3. The first kappa shape index (κ1) is 22.0. The third kappa shape index (κ3) is 2.72. The fourth-order valence-corrected chi connectivity index (χ4v) is 7.66. The Morgan fingerprint density at radius 1 is 0.535 bits per heavy atom. The molecule has 9 aromatic rings. The van der Waals surface area contributed by atoms with E-state index in [9.17, 15) is 0 Å². The van der Waals surface area contributed by atoms with E-state index in [1.165, 1.54) is 43.7 Å². The summed E-state index contributed by atoms with van der Waals surface area (Å²) in [5.41, 5.74) is 9.53. The minimum absolute atomic E-state index is 0.185. The number of hydrogen-bond acceptors (Lipinski definition) is 4. The zero-order valence-corrected chi connectivity index (χ0v) is 22.9. The molecule has 5 nitrogen and oxygen atoms in total. The molecular weight excluding hydrogens is 530 g/mol. The van der Waals surface area contributed by atoms with Gasteiger partial charge in [0.05, 0.1) is 28.8 Å². The van der Waals surface area contributed by atoms with Crippen LogP contribution in [-0.4, -0.2) is 16.5 Å². The van der Waals surface area contributed by atoms with E-state index in [-0.39, 0.29) is 12.1 Å². The predicted octanol–water partition coefficient (Wildman–Crippen LogP) is 9.85. The summed E-state index contributed by atoms with van der Waals surface area (Å²) in [6.07, 6.45) is 8.71. The lowest BCUT2D eigenvalue weighted by Crippen LogP contribution is -2.41. The Balaban J connectivity index is 1.25. The Morgan fingerprint density at radius 3 is 2.07 bits per heavy atom. The number of fused-ring (bicyclic) bond motifs is 14. The standard InChI is InChI=1S/C38H23N3O2/c1-5-11-30-22(7-1)24-17-21(14-16-32(24)42-30)20-13-15-29-25(18-20)35-34-23-8-2-6-12-31(23)43-33(34)19-26-36-38(41(29)37(26)35)40-28-10-4-3-9-27(28)39-36/h1-19,27-28,39-40H. The van der Waals surface area contributed by atoms with Crippen LogP contribution in [-0.2, 0) is 0 Å². The van der Waals surface area contributed by atoms with Gasteiger partial charge in [-0.2, -0.15) is 0 Å². The molecular formula is C38H23N3O2. The van der Waals surface area contributed by atoms with E-state index in [1.807, 2.05) is 18.2 Å². The van der Waals surface area contributed by atoms with Crippen LogP contribution in [0.3, 0.4) is 0 Å². The third-order valence-corrected chi connectivity index (χ3v) is 9.56. The molecule has 0 saturated heterocycles. The molecule has 0 saturated carbocycles. The first-order valence-corrected chi connectivity index (χ1v) is 14.8. The van der Waals surface area contributed by atoms with Crippen LogP contribution < -0.4 is 10.6 Å². The Kier molecular flexibility index (Phi) is 3.88. The van der Waals surface area contributed by atoms with Gasteiger partial charge in [0.2, 0.25) is 0 Å². The molecule has 0 amide bonds. The largest absolute Gasteiger partial charge is 0.456 e. The first-order chi connectivity index (χ1) is 21.3. The fourth-order valence-electron chi connectivity index (χ4n) is 7.66. The lowest BCUT2D eigenvalue weighted by Gasteiger charge is -2.33. The minimum atomic E-state index is 0.185. The van der Waals surface area contributed by atoms with E-state index in [4.69, 9.17) is 8.83 Å². The zero-order valence-electron chi connectivity index (χ0n) is 22.9. The Morgan fingerprint density at radius 2 is 1.21 bits per heavy atom. The molecule has 202 valence electrons. The van der Waals surface area contributed by atoms with Crippen LogP contribution in [0.15, 0.2) is 124 Å². The van der Waals surface area contributed by atoms with Crippen molar-refractivity contribution in [1.82, 2.24) is 4.40 Å². The Bertz CT molecular complexity index is 2700. The maximum absolute atomic E-state index is 6.51. The number of furan rings is 2. The molecule has 2 N–H and O–H groups in total. The highest BCUT2D eigenvalue weighted by Crippen LogP contribution is 2.50. The highest BCUT2D eigenvalue weighted by molar-refractivity contribution is 6.33. The maximum atomic E-state index is 6.51. The van der Waals surface area contributed by atoms with Crippen molar-refractivity contribution in [3.63, 3.8) is 0 Å². The van der Waals surface area contributed by atoms with E-state index in [0.29, 0.717) is 0 Å². The fraction of sp³-hybridized carbons (Fsp3) is 0.0526. The summed E-state index contributed by atoms with van der Waals surface area (Å²) < 4.78 is 15.1. The van der Waals surface area contributed by atoms with E-state index in [1.54, 1.807) is 0 Å². The van der Waals surface area contributed by atoms with Gasteiger partial charge in [-0.25, -0.2) is 0 Å². The molecule has 11 rings (SSSR count). The Labute approximate surface area is 244 Å². The molecule has 0 radical (unpaired) electrons. The van der Waals surface area contributed by atoms with Crippen LogP contribution in [0.1, 0.15) is 0 Å². The van der Waals surface area contributed by atoms with E-state index >= 15 is 0 Å². The van der Waals surface area contributed by atoms with Crippen LogP contribution in [0.2, 0.25) is 0 Å². The van der Waals surface area contributed by atoms with Crippen molar-refractivity contribution < 1.29 is 8.83 Å². The molecule has 0 bridgehead atoms. The number of allylic oxidation sites excluding steroid dienone is 2. The predicted molar refractivity (Wildman–Crippen MR) is 177 cm³/mol. The van der Waals surface area contributed by atoms with Crippen molar-refractivity contribution in [3.05, 3.63) is 115 Å². The quantitative estimate of drug-likeness (QED) is 0.212. The molecule has 4 aromatic heterocycles. The second kappa shape index (κ2) is 7.58. The molecule has 2 atom stereocenters. The zero-order chi connectivity index (χ0) is 27.8. The van der Waals surface area contributed by atoms with Crippen molar-refractivity contribution in [2.24, 2.45) is 0 Å². The van der Waals surface area contributed by atoms with Gasteiger partial charge in [-0.15, -0.1) is 0 Å². The van der Waals surface area contributed by atoms with Crippen molar-refractivity contribution >= 4 is 82.6 Å². The van der Waals surface area contributed by atoms with Crippen molar-refractivity contribution in [2.75, 3.05) is 10.6 Å². The molecule has 1 aliphatic carbocycles. The molecule has 5 heteroatoms. The summed E-state index contributed by atoms with van der Waals surface area (Å²) in [4.78, 5) is 0. The van der Waals surface area contributed by atoms with Gasteiger partial charge in [0.1, 0.15) is 28.1 Å². The summed E-state index contributed by atoms with van der Waals surface area (Å²) in [5, 5.41) is 15.9. The number of aromatic nitrogens is 1. The van der Waals surface area contributed by atoms with Gasteiger partial charge in [0.25, 0.3) is 0 Å². The van der Waals surface area contributed by atoms with Gasteiger partial charge >= 0.3 is 0 Å². The number of nitrogens with zero attached hydrogens (tertiary/aromatic N) is 1. The normalized spacial score (nSPS) is 18.0. The average molecular weight is 554 g/mol. The van der Waals surface area contributed by atoms with Gasteiger partial charge in [-0.3, -0.25) is 4.40 Å². The number of anilines is 2. The van der Waals surface area contributed by atoms with Crippen LogP contribution >= 0.6 is 0 Å². The average Bonchev–Trinajstić information content (AvgIpc) is 3.79. The molecule has 0 spiro atoms. The Hall–Kier alpha value is -5.68. The summed E-state index contributed by atoms with van der Waals surface area (Å²) in [6.45, 7) is 0. The number of hydrogen-bond donors (Lipinski definition) is 2. The van der Waals surface area contributed by atoms with Gasteiger partial charge in [0, 0.05) is 37.7 Å². The lowest BCUT2D eigenvalue weighted by atomic mass is 9.97. The lowest BCUT2D eigenvalue weighted by molar-refractivity contribution is 0.669. The van der Waals surface area contributed by atoms with Crippen molar-refractivity contribution in [1.29, 1.82) is 0 Å². The summed E-state index contributed by atoms with van der Waals surface area (Å²) in [5.74, 6) is 1.10. The monoisotopic (exact) mass is 553 g/mol. The first-order valence-electron chi connectivity index (χ1n) is 14.8. The van der Waals surface area contributed by atoms with E-state index in [0.717, 1.165) is 50.0 Å². The second-order valence-corrected chi connectivity index (χ2v) is 11.8. The summed E-state index contributed by atoms with van der Waals surface area (Å²) in [6, 6.07) is 32.7. The van der Waals surface area contributed by atoms with Crippen LogP contribution in [0.5, 0.6) is 0 Å². The molecule has 1 aliphatic heterocycles.